The van der Waals surface area contributed by atoms with E-state index in [-0.39, 0.29) is 11.8 Å². The molecule has 1 aliphatic heterocycles. The van der Waals surface area contributed by atoms with Crippen molar-refractivity contribution in [3.8, 4) is 5.69 Å². The van der Waals surface area contributed by atoms with E-state index in [0.29, 0.717) is 19.7 Å². The third-order valence-electron chi connectivity index (χ3n) is 5.87. The molecule has 0 spiro atoms. The van der Waals surface area contributed by atoms with Crippen molar-refractivity contribution in [3.05, 3.63) is 41.6 Å². The number of nitrogens with zero attached hydrogens (tertiary/aromatic N) is 5. The summed E-state index contributed by atoms with van der Waals surface area (Å²) in [5, 5.41) is 4.90. The molecule has 1 aromatic heterocycles. The van der Waals surface area contributed by atoms with E-state index in [1.807, 2.05) is 34.7 Å². The molecule has 1 aromatic carbocycles. The number of carbonyl (C=O) groups is 1. The number of amides is 1. The van der Waals surface area contributed by atoms with Crippen molar-refractivity contribution in [2.24, 2.45) is 0 Å². The Labute approximate surface area is 190 Å². The molecular formula is C23H34ClN5O2. The summed E-state index contributed by atoms with van der Waals surface area (Å²) in [6, 6.07) is 10.2. The van der Waals surface area contributed by atoms with Crippen molar-refractivity contribution in [1.29, 1.82) is 0 Å². The summed E-state index contributed by atoms with van der Waals surface area (Å²) in [4.78, 5) is 19.3. The van der Waals surface area contributed by atoms with Crippen LogP contribution in [0.25, 0.3) is 5.69 Å². The molecule has 0 saturated carbocycles. The number of methoxy groups -OCH3 is 1. The van der Waals surface area contributed by atoms with Crippen LogP contribution < -0.4 is 4.90 Å². The zero-order valence-electron chi connectivity index (χ0n) is 18.9. The second-order valence-electron chi connectivity index (χ2n) is 7.85. The number of hydrogen-bond acceptors (Lipinski definition) is 5. The standard InChI is InChI=1S/C23H34ClN5O2/c1-4-26-12-14-27(15-13-26)23-21(18-28(22(30)17-24)11-8-16-31-3)19(2)25-29(23)20-9-6-5-7-10-20/h5-7,9-10H,4,8,11-18H2,1-3H3. The first-order valence-corrected chi connectivity index (χ1v) is 11.6. The lowest BCUT2D eigenvalue weighted by atomic mass is 10.1. The number of piperazine rings is 1. The van der Waals surface area contributed by atoms with E-state index in [9.17, 15) is 4.79 Å². The molecule has 1 saturated heterocycles. The Hall–Kier alpha value is -2.09. The molecule has 7 nitrogen and oxygen atoms in total. The van der Waals surface area contributed by atoms with Crippen molar-refractivity contribution in [3.63, 3.8) is 0 Å². The van der Waals surface area contributed by atoms with Gasteiger partial charge in [0.1, 0.15) is 11.7 Å². The fourth-order valence-electron chi connectivity index (χ4n) is 4.05. The van der Waals surface area contributed by atoms with Gasteiger partial charge < -0.3 is 19.4 Å². The molecule has 1 amide bonds. The fourth-order valence-corrected chi connectivity index (χ4v) is 4.22. The molecule has 1 aliphatic rings. The van der Waals surface area contributed by atoms with Crippen molar-refractivity contribution < 1.29 is 9.53 Å². The van der Waals surface area contributed by atoms with Crippen LogP contribution in [-0.2, 0) is 16.1 Å². The lowest BCUT2D eigenvalue weighted by molar-refractivity contribution is -0.129. The highest BCUT2D eigenvalue weighted by Gasteiger charge is 2.27. The van der Waals surface area contributed by atoms with Gasteiger partial charge >= 0.3 is 0 Å². The number of aromatic nitrogens is 2. The number of aryl methyl sites for hydroxylation is 1. The second-order valence-corrected chi connectivity index (χ2v) is 8.12. The molecule has 31 heavy (non-hydrogen) atoms. The van der Waals surface area contributed by atoms with E-state index >= 15 is 0 Å². The normalized spacial score (nSPS) is 14.8. The van der Waals surface area contributed by atoms with Gasteiger partial charge in [-0.2, -0.15) is 5.10 Å². The number of hydrogen-bond donors (Lipinski definition) is 0. The minimum absolute atomic E-state index is 0.0244. The highest BCUT2D eigenvalue weighted by Crippen LogP contribution is 2.30. The quantitative estimate of drug-likeness (QED) is 0.414. The summed E-state index contributed by atoms with van der Waals surface area (Å²) in [6.07, 6.45) is 0.773. The maximum atomic E-state index is 12.6. The summed E-state index contributed by atoms with van der Waals surface area (Å²) in [6.45, 7) is 10.9. The van der Waals surface area contributed by atoms with Gasteiger partial charge in [0, 0.05) is 52.0 Å². The maximum absolute atomic E-state index is 12.6. The van der Waals surface area contributed by atoms with Crippen LogP contribution in [0.1, 0.15) is 24.6 Å². The highest BCUT2D eigenvalue weighted by molar-refractivity contribution is 6.27. The largest absolute Gasteiger partial charge is 0.385 e. The van der Waals surface area contributed by atoms with E-state index < -0.39 is 0 Å². The average molecular weight is 448 g/mol. The number of benzene rings is 1. The summed E-state index contributed by atoms with van der Waals surface area (Å²) in [5.41, 5.74) is 3.06. The minimum atomic E-state index is -0.0635. The third-order valence-corrected chi connectivity index (χ3v) is 6.10. The molecular weight excluding hydrogens is 414 g/mol. The van der Waals surface area contributed by atoms with Gasteiger partial charge in [-0.1, -0.05) is 25.1 Å². The molecule has 0 unspecified atom stereocenters. The van der Waals surface area contributed by atoms with Crippen LogP contribution in [0, 0.1) is 6.92 Å². The average Bonchev–Trinajstić information content (AvgIpc) is 3.14. The summed E-state index contributed by atoms with van der Waals surface area (Å²) in [7, 11) is 1.68. The minimum Gasteiger partial charge on any atom is -0.385 e. The van der Waals surface area contributed by atoms with Crippen LogP contribution in [0.15, 0.2) is 30.3 Å². The molecule has 0 bridgehead atoms. The molecule has 1 fully saturated rings. The zero-order chi connectivity index (χ0) is 22.2. The molecule has 0 aliphatic carbocycles. The van der Waals surface area contributed by atoms with Crippen molar-refractivity contribution in [1.82, 2.24) is 19.6 Å². The number of carbonyl (C=O) groups excluding carboxylic acids is 1. The molecule has 0 radical (unpaired) electrons. The first-order valence-electron chi connectivity index (χ1n) is 11.0. The molecule has 0 atom stereocenters. The Bertz CT molecular complexity index is 834. The molecule has 170 valence electrons. The van der Waals surface area contributed by atoms with Crippen LogP contribution in [0.2, 0.25) is 0 Å². The van der Waals surface area contributed by atoms with Crippen molar-refractivity contribution >= 4 is 23.3 Å². The van der Waals surface area contributed by atoms with E-state index in [1.165, 1.54) is 0 Å². The van der Waals surface area contributed by atoms with Crippen molar-refractivity contribution in [2.45, 2.75) is 26.8 Å². The first-order chi connectivity index (χ1) is 15.1. The summed E-state index contributed by atoms with van der Waals surface area (Å²) in [5.74, 6) is 0.994. The predicted octanol–water partition coefficient (Wildman–Crippen LogP) is 2.93. The molecule has 8 heteroatoms. The van der Waals surface area contributed by atoms with Gasteiger partial charge in [-0.25, -0.2) is 4.68 Å². The van der Waals surface area contributed by atoms with Crippen LogP contribution in [0.3, 0.4) is 0 Å². The molecule has 2 aromatic rings. The number of rotatable bonds is 10. The van der Waals surface area contributed by atoms with Crippen LogP contribution in [0.5, 0.6) is 0 Å². The lowest BCUT2D eigenvalue weighted by Gasteiger charge is -2.36. The van der Waals surface area contributed by atoms with Gasteiger partial charge in [0.25, 0.3) is 0 Å². The van der Waals surface area contributed by atoms with Gasteiger partial charge in [0.15, 0.2) is 0 Å². The number of halogens is 1. The second kappa shape index (κ2) is 11.5. The first kappa shape index (κ1) is 23.6. The number of alkyl halides is 1. The fraction of sp³-hybridized carbons (Fsp3) is 0.565. The van der Waals surface area contributed by atoms with E-state index in [1.54, 1.807) is 7.11 Å². The Kier molecular flexibility index (Phi) is 8.75. The Balaban J connectivity index is 1.96. The number of ether oxygens (including phenoxy) is 1. The molecule has 0 N–H and O–H groups in total. The number of likely N-dealkylation sites (N-methyl/N-ethyl adjacent to an activating group) is 1. The Morgan fingerprint density at radius 3 is 2.52 bits per heavy atom. The SMILES string of the molecule is CCN1CCN(c2c(CN(CCCOC)C(=O)CCl)c(C)nn2-c2ccccc2)CC1. The number of anilines is 1. The van der Waals surface area contributed by atoms with Gasteiger partial charge in [0.05, 0.1) is 17.9 Å². The van der Waals surface area contributed by atoms with E-state index in [0.717, 1.165) is 61.9 Å². The monoisotopic (exact) mass is 447 g/mol. The van der Waals surface area contributed by atoms with Crippen LogP contribution in [0.4, 0.5) is 5.82 Å². The smallest absolute Gasteiger partial charge is 0.237 e. The molecule has 2 heterocycles. The van der Waals surface area contributed by atoms with Gasteiger partial charge in [0.2, 0.25) is 5.91 Å². The number of para-hydroxylation sites is 1. The van der Waals surface area contributed by atoms with Gasteiger partial charge in [-0.05, 0) is 32.0 Å². The molecule has 3 rings (SSSR count). The van der Waals surface area contributed by atoms with E-state index in [2.05, 4.69) is 28.9 Å². The topological polar surface area (TPSA) is 53.8 Å². The Morgan fingerprint density at radius 2 is 1.90 bits per heavy atom. The maximum Gasteiger partial charge on any atom is 0.237 e. The predicted molar refractivity (Wildman–Crippen MR) is 125 cm³/mol. The zero-order valence-corrected chi connectivity index (χ0v) is 19.6. The third kappa shape index (κ3) is 5.79. The summed E-state index contributed by atoms with van der Waals surface area (Å²) < 4.78 is 7.21. The van der Waals surface area contributed by atoms with Crippen LogP contribution >= 0.6 is 11.6 Å². The van der Waals surface area contributed by atoms with Crippen molar-refractivity contribution in [2.75, 3.05) is 63.8 Å². The van der Waals surface area contributed by atoms with Crippen LogP contribution in [-0.4, -0.2) is 84.4 Å². The lowest BCUT2D eigenvalue weighted by Crippen LogP contribution is -2.47. The summed E-state index contributed by atoms with van der Waals surface area (Å²) >= 11 is 5.93. The highest BCUT2D eigenvalue weighted by atomic mass is 35.5. The van der Waals surface area contributed by atoms with Gasteiger partial charge in [-0.3, -0.25) is 4.79 Å². The van der Waals surface area contributed by atoms with Gasteiger partial charge in [-0.15, -0.1) is 11.6 Å². The Morgan fingerprint density at radius 1 is 1.19 bits per heavy atom. The van der Waals surface area contributed by atoms with E-state index in [4.69, 9.17) is 21.4 Å².